The van der Waals surface area contributed by atoms with E-state index in [4.69, 9.17) is 0 Å². The van der Waals surface area contributed by atoms with Gasteiger partial charge in [-0.1, -0.05) is 20.8 Å². The first-order valence-corrected chi connectivity index (χ1v) is 8.04. The number of hydrogen-bond acceptors (Lipinski definition) is 5. The lowest BCUT2D eigenvalue weighted by Crippen LogP contribution is -2.54. The summed E-state index contributed by atoms with van der Waals surface area (Å²) in [6.07, 6.45) is 5.62. The molecule has 1 saturated heterocycles. The van der Waals surface area contributed by atoms with E-state index < -0.39 is 0 Å². The number of aromatic nitrogens is 2. The molecule has 1 N–H and O–H groups in total. The molecule has 0 saturated carbocycles. The molecule has 0 aromatic carbocycles. The first-order chi connectivity index (χ1) is 10.1. The van der Waals surface area contributed by atoms with E-state index in [9.17, 15) is 5.11 Å². The molecule has 0 spiro atoms. The fourth-order valence-corrected chi connectivity index (χ4v) is 2.90. The van der Waals surface area contributed by atoms with E-state index in [1.165, 1.54) is 5.56 Å². The van der Waals surface area contributed by atoms with Crippen molar-refractivity contribution in [3.63, 3.8) is 0 Å². The highest BCUT2D eigenvalue weighted by atomic mass is 16.3. The van der Waals surface area contributed by atoms with Crippen molar-refractivity contribution in [3.8, 4) is 0 Å². The maximum atomic E-state index is 9.32. The number of piperazine rings is 1. The Balaban J connectivity index is 2.03. The van der Waals surface area contributed by atoms with Crippen molar-refractivity contribution >= 4 is 5.95 Å². The van der Waals surface area contributed by atoms with E-state index in [1.807, 2.05) is 12.4 Å². The van der Waals surface area contributed by atoms with Crippen LogP contribution in [0.2, 0.25) is 0 Å². The average molecular weight is 292 g/mol. The summed E-state index contributed by atoms with van der Waals surface area (Å²) in [7, 11) is 0. The maximum absolute atomic E-state index is 9.32. The molecule has 2 rings (SSSR count). The molecule has 0 amide bonds. The van der Waals surface area contributed by atoms with Crippen LogP contribution in [0, 0.1) is 5.92 Å². The van der Waals surface area contributed by atoms with Crippen molar-refractivity contribution in [2.24, 2.45) is 5.92 Å². The van der Waals surface area contributed by atoms with Gasteiger partial charge in [-0.2, -0.15) is 0 Å². The molecule has 5 nitrogen and oxygen atoms in total. The highest BCUT2D eigenvalue weighted by Gasteiger charge is 2.28. The van der Waals surface area contributed by atoms with Gasteiger partial charge >= 0.3 is 0 Å². The Morgan fingerprint density at radius 3 is 2.57 bits per heavy atom. The molecule has 1 aliphatic heterocycles. The molecule has 0 bridgehead atoms. The SMILES string of the molecule is CCc1cnc(N2CCN(CC(C)C)[C@H](CCO)C2)nc1. The van der Waals surface area contributed by atoms with E-state index in [1.54, 1.807) is 0 Å². The number of nitrogens with zero attached hydrogens (tertiary/aromatic N) is 4. The van der Waals surface area contributed by atoms with Gasteiger partial charge in [-0.15, -0.1) is 0 Å². The Kier molecular flexibility index (Phi) is 5.94. The van der Waals surface area contributed by atoms with Crippen LogP contribution in [0.15, 0.2) is 12.4 Å². The predicted octanol–water partition coefficient (Wildman–Crippen LogP) is 1.57. The number of aliphatic hydroxyl groups excluding tert-OH is 1. The second kappa shape index (κ2) is 7.71. The molecule has 118 valence electrons. The molecule has 1 atom stereocenters. The normalized spacial score (nSPS) is 20.2. The number of rotatable bonds is 6. The monoisotopic (exact) mass is 292 g/mol. The van der Waals surface area contributed by atoms with Gasteiger partial charge in [0.25, 0.3) is 0 Å². The van der Waals surface area contributed by atoms with Crippen LogP contribution in [0.5, 0.6) is 0 Å². The van der Waals surface area contributed by atoms with Gasteiger partial charge in [0.05, 0.1) is 0 Å². The van der Waals surface area contributed by atoms with Gasteiger partial charge in [-0.05, 0) is 24.3 Å². The molecule has 1 aliphatic rings. The summed E-state index contributed by atoms with van der Waals surface area (Å²) in [4.78, 5) is 13.7. The van der Waals surface area contributed by atoms with E-state index in [0.29, 0.717) is 12.0 Å². The smallest absolute Gasteiger partial charge is 0.225 e. The largest absolute Gasteiger partial charge is 0.396 e. The van der Waals surface area contributed by atoms with Crippen molar-refractivity contribution in [1.29, 1.82) is 0 Å². The zero-order valence-electron chi connectivity index (χ0n) is 13.5. The zero-order valence-corrected chi connectivity index (χ0v) is 13.5. The summed E-state index contributed by atoms with van der Waals surface area (Å²) in [5.74, 6) is 1.47. The molecular formula is C16H28N4O. The molecule has 0 unspecified atom stereocenters. The Morgan fingerprint density at radius 1 is 1.29 bits per heavy atom. The van der Waals surface area contributed by atoms with Crippen LogP contribution >= 0.6 is 0 Å². The maximum Gasteiger partial charge on any atom is 0.225 e. The van der Waals surface area contributed by atoms with Crippen LogP contribution in [-0.2, 0) is 6.42 Å². The van der Waals surface area contributed by atoms with Crippen molar-refractivity contribution in [2.75, 3.05) is 37.7 Å². The van der Waals surface area contributed by atoms with Gasteiger partial charge in [0.2, 0.25) is 5.95 Å². The first-order valence-electron chi connectivity index (χ1n) is 8.04. The van der Waals surface area contributed by atoms with E-state index in [2.05, 4.69) is 40.5 Å². The van der Waals surface area contributed by atoms with Crippen molar-refractivity contribution in [1.82, 2.24) is 14.9 Å². The lowest BCUT2D eigenvalue weighted by Gasteiger charge is -2.42. The molecule has 1 aromatic heterocycles. The summed E-state index contributed by atoms with van der Waals surface area (Å²) in [6.45, 7) is 10.8. The van der Waals surface area contributed by atoms with E-state index in [0.717, 1.165) is 45.0 Å². The molecule has 1 aromatic rings. The minimum atomic E-state index is 0.239. The van der Waals surface area contributed by atoms with Crippen LogP contribution in [0.4, 0.5) is 5.95 Å². The van der Waals surface area contributed by atoms with Gasteiger partial charge in [-0.25, -0.2) is 9.97 Å². The van der Waals surface area contributed by atoms with Crippen LogP contribution in [0.3, 0.4) is 0 Å². The Morgan fingerprint density at radius 2 is 2.00 bits per heavy atom. The van der Waals surface area contributed by atoms with E-state index in [-0.39, 0.29) is 6.61 Å². The van der Waals surface area contributed by atoms with Gasteiger partial charge < -0.3 is 10.0 Å². The fraction of sp³-hybridized carbons (Fsp3) is 0.750. The zero-order chi connectivity index (χ0) is 15.2. The third kappa shape index (κ3) is 4.38. The molecule has 21 heavy (non-hydrogen) atoms. The molecule has 5 heteroatoms. The standard InChI is InChI=1S/C16H28N4O/c1-4-14-9-17-16(18-10-14)20-7-6-19(11-13(2)3)15(12-20)5-8-21/h9-10,13,15,21H,4-8,11-12H2,1-3H3/t15-/m1/s1. The van der Waals surface area contributed by atoms with Crippen LogP contribution in [0.25, 0.3) is 0 Å². The lowest BCUT2D eigenvalue weighted by atomic mass is 10.1. The highest BCUT2D eigenvalue weighted by molar-refractivity contribution is 5.31. The van der Waals surface area contributed by atoms with Crippen LogP contribution in [0.1, 0.15) is 32.8 Å². The first kappa shape index (κ1) is 16.2. The lowest BCUT2D eigenvalue weighted by molar-refractivity contribution is 0.128. The third-order valence-corrected chi connectivity index (χ3v) is 4.05. The quantitative estimate of drug-likeness (QED) is 0.862. The minimum Gasteiger partial charge on any atom is -0.396 e. The number of hydrogen-bond donors (Lipinski definition) is 1. The molecule has 0 aliphatic carbocycles. The van der Waals surface area contributed by atoms with Gasteiger partial charge in [0.1, 0.15) is 0 Å². The predicted molar refractivity (Wildman–Crippen MR) is 85.5 cm³/mol. The summed E-state index contributed by atoms with van der Waals surface area (Å²) in [5, 5.41) is 9.32. The highest BCUT2D eigenvalue weighted by Crippen LogP contribution is 2.18. The Labute approximate surface area is 128 Å². The summed E-state index contributed by atoms with van der Waals surface area (Å²) < 4.78 is 0. The summed E-state index contributed by atoms with van der Waals surface area (Å²) >= 11 is 0. The van der Waals surface area contributed by atoms with Gasteiger partial charge in [0.15, 0.2) is 0 Å². The summed E-state index contributed by atoms with van der Waals surface area (Å²) in [6, 6.07) is 0.389. The molecule has 0 radical (unpaired) electrons. The van der Waals surface area contributed by atoms with Gasteiger partial charge in [0, 0.05) is 51.2 Å². The van der Waals surface area contributed by atoms with Crippen LogP contribution < -0.4 is 4.90 Å². The Hall–Kier alpha value is -1.20. The minimum absolute atomic E-state index is 0.239. The number of aliphatic hydroxyl groups is 1. The second-order valence-corrected chi connectivity index (χ2v) is 6.25. The number of anilines is 1. The number of aryl methyl sites for hydroxylation is 1. The summed E-state index contributed by atoms with van der Waals surface area (Å²) in [5.41, 5.74) is 1.17. The van der Waals surface area contributed by atoms with Crippen LogP contribution in [-0.4, -0.2) is 58.8 Å². The van der Waals surface area contributed by atoms with Crippen molar-refractivity contribution in [2.45, 2.75) is 39.7 Å². The fourth-order valence-electron chi connectivity index (χ4n) is 2.90. The molecular weight excluding hydrogens is 264 g/mol. The topological polar surface area (TPSA) is 52.5 Å². The third-order valence-electron chi connectivity index (χ3n) is 4.05. The van der Waals surface area contributed by atoms with Crippen molar-refractivity contribution in [3.05, 3.63) is 18.0 Å². The average Bonchev–Trinajstić information content (AvgIpc) is 2.49. The van der Waals surface area contributed by atoms with Crippen molar-refractivity contribution < 1.29 is 5.11 Å². The molecule has 1 fully saturated rings. The Bertz CT molecular complexity index is 421. The molecule has 2 heterocycles. The second-order valence-electron chi connectivity index (χ2n) is 6.25. The van der Waals surface area contributed by atoms with E-state index >= 15 is 0 Å². The van der Waals surface area contributed by atoms with Gasteiger partial charge in [-0.3, -0.25) is 4.90 Å².